The lowest BCUT2D eigenvalue weighted by Crippen LogP contribution is -2.07. The number of hydrogen-bond acceptors (Lipinski definition) is 3. The van der Waals surface area contributed by atoms with Crippen LogP contribution in [0, 0.1) is 5.82 Å². The molecule has 104 valence electrons. The largest absolute Gasteiger partial charge is 0.488 e. The zero-order chi connectivity index (χ0) is 14.7. The van der Waals surface area contributed by atoms with E-state index >= 15 is 0 Å². The molecule has 0 aliphatic rings. The third kappa shape index (κ3) is 3.27. The van der Waals surface area contributed by atoms with Crippen molar-refractivity contribution in [3.05, 3.63) is 57.8 Å². The van der Waals surface area contributed by atoms with E-state index in [0.717, 1.165) is 0 Å². The summed E-state index contributed by atoms with van der Waals surface area (Å²) in [6.07, 6.45) is 0. The van der Waals surface area contributed by atoms with E-state index in [1.807, 2.05) is 0 Å². The van der Waals surface area contributed by atoms with Crippen LogP contribution in [0.25, 0.3) is 0 Å². The lowest BCUT2D eigenvalue weighted by Gasteiger charge is -2.11. The fourth-order valence-electron chi connectivity index (χ4n) is 1.75. The molecule has 0 radical (unpaired) electrons. The quantitative estimate of drug-likeness (QED) is 0.837. The summed E-state index contributed by atoms with van der Waals surface area (Å²) in [5.41, 5.74) is 6.22. The number of nitrogen functional groups attached to an aromatic ring is 1. The van der Waals surface area contributed by atoms with Crippen molar-refractivity contribution in [3.8, 4) is 5.75 Å². The van der Waals surface area contributed by atoms with Crippen LogP contribution in [0.3, 0.4) is 0 Å². The zero-order valence-electron chi connectivity index (χ0n) is 10.3. The van der Waals surface area contributed by atoms with Crippen molar-refractivity contribution < 1.29 is 19.0 Å². The van der Waals surface area contributed by atoms with Gasteiger partial charge in [-0.1, -0.05) is 22.0 Å². The maximum absolute atomic E-state index is 13.2. The van der Waals surface area contributed by atoms with Gasteiger partial charge in [0.1, 0.15) is 23.7 Å². The van der Waals surface area contributed by atoms with E-state index in [-0.39, 0.29) is 23.6 Å². The molecule has 0 amide bonds. The molecule has 0 aliphatic heterocycles. The molecule has 0 fully saturated rings. The van der Waals surface area contributed by atoms with Crippen molar-refractivity contribution in [2.75, 3.05) is 5.73 Å². The lowest BCUT2D eigenvalue weighted by atomic mass is 10.1. The highest BCUT2D eigenvalue weighted by Crippen LogP contribution is 2.25. The first-order valence-corrected chi connectivity index (χ1v) is 6.46. The highest BCUT2D eigenvalue weighted by Gasteiger charge is 2.15. The van der Waals surface area contributed by atoms with Crippen molar-refractivity contribution in [2.45, 2.75) is 6.61 Å². The number of nitrogens with two attached hydrogens (primary N) is 1. The maximum Gasteiger partial charge on any atom is 0.341 e. The van der Waals surface area contributed by atoms with Crippen LogP contribution in [0.4, 0.5) is 10.1 Å². The Morgan fingerprint density at radius 2 is 2.10 bits per heavy atom. The molecule has 0 saturated heterocycles. The topological polar surface area (TPSA) is 72.5 Å². The molecule has 2 aromatic rings. The minimum Gasteiger partial charge on any atom is -0.488 e. The molecule has 3 N–H and O–H groups in total. The van der Waals surface area contributed by atoms with E-state index in [0.29, 0.717) is 10.0 Å². The standard InChI is InChI=1S/C14H11BrFNO3/c15-9-4-8(5-10(16)6-9)7-20-12-3-1-2-11(17)13(12)14(18)19/h1-6H,7,17H2,(H,18,19). The first kappa shape index (κ1) is 14.3. The first-order valence-electron chi connectivity index (χ1n) is 5.67. The van der Waals surface area contributed by atoms with E-state index < -0.39 is 11.8 Å². The summed E-state index contributed by atoms with van der Waals surface area (Å²) < 4.78 is 19.2. The Morgan fingerprint density at radius 3 is 2.75 bits per heavy atom. The average molecular weight is 340 g/mol. The molecule has 2 rings (SSSR count). The number of hydrogen-bond donors (Lipinski definition) is 2. The number of carboxylic acids is 1. The molecule has 0 spiro atoms. The van der Waals surface area contributed by atoms with E-state index in [1.165, 1.54) is 24.3 Å². The Labute approximate surface area is 123 Å². The Hall–Kier alpha value is -2.08. The molecular weight excluding hydrogens is 329 g/mol. The predicted molar refractivity (Wildman–Crippen MR) is 76.2 cm³/mol. The molecule has 0 unspecified atom stereocenters. The number of halogens is 2. The van der Waals surface area contributed by atoms with Crippen molar-refractivity contribution in [3.63, 3.8) is 0 Å². The molecule has 0 saturated carbocycles. The number of rotatable bonds is 4. The summed E-state index contributed by atoms with van der Waals surface area (Å²) in [6.45, 7) is 0.0418. The van der Waals surface area contributed by atoms with Gasteiger partial charge < -0.3 is 15.6 Å². The van der Waals surface area contributed by atoms with Gasteiger partial charge in [-0.25, -0.2) is 9.18 Å². The first-order chi connectivity index (χ1) is 9.47. The smallest absolute Gasteiger partial charge is 0.341 e. The normalized spacial score (nSPS) is 10.3. The minimum absolute atomic E-state index is 0.0418. The second-order valence-electron chi connectivity index (χ2n) is 4.09. The number of aromatic carboxylic acids is 1. The van der Waals surface area contributed by atoms with Gasteiger partial charge in [0.25, 0.3) is 0 Å². The van der Waals surface area contributed by atoms with Gasteiger partial charge in [0.15, 0.2) is 0 Å². The highest BCUT2D eigenvalue weighted by molar-refractivity contribution is 9.10. The second-order valence-corrected chi connectivity index (χ2v) is 5.01. The number of carboxylic acid groups (broad SMARTS) is 1. The predicted octanol–water partition coefficient (Wildman–Crippen LogP) is 3.45. The Morgan fingerprint density at radius 1 is 1.35 bits per heavy atom. The van der Waals surface area contributed by atoms with Gasteiger partial charge >= 0.3 is 5.97 Å². The van der Waals surface area contributed by atoms with Crippen LogP contribution in [0.2, 0.25) is 0 Å². The summed E-state index contributed by atoms with van der Waals surface area (Å²) in [4.78, 5) is 11.1. The van der Waals surface area contributed by atoms with Crippen molar-refractivity contribution in [1.82, 2.24) is 0 Å². The van der Waals surface area contributed by atoms with Gasteiger partial charge in [-0.05, 0) is 35.9 Å². The molecule has 6 heteroatoms. The van der Waals surface area contributed by atoms with Crippen molar-refractivity contribution in [2.24, 2.45) is 0 Å². The molecule has 2 aromatic carbocycles. The van der Waals surface area contributed by atoms with Crippen LogP contribution in [-0.4, -0.2) is 11.1 Å². The summed E-state index contributed by atoms with van der Waals surface area (Å²) >= 11 is 3.18. The average Bonchev–Trinajstić information content (AvgIpc) is 2.34. The molecule has 4 nitrogen and oxygen atoms in total. The van der Waals surface area contributed by atoms with Gasteiger partial charge in [-0.15, -0.1) is 0 Å². The van der Waals surface area contributed by atoms with E-state index in [9.17, 15) is 9.18 Å². The molecule has 0 aromatic heterocycles. The summed E-state index contributed by atoms with van der Waals surface area (Å²) in [6, 6.07) is 8.92. The molecule has 0 bridgehead atoms. The van der Waals surface area contributed by atoms with Crippen LogP contribution in [0.15, 0.2) is 40.9 Å². The maximum atomic E-state index is 13.2. The van der Waals surface area contributed by atoms with Crippen LogP contribution in [-0.2, 0) is 6.61 Å². The van der Waals surface area contributed by atoms with E-state index in [4.69, 9.17) is 15.6 Å². The second kappa shape index (κ2) is 5.92. The summed E-state index contributed by atoms with van der Waals surface area (Å²) in [7, 11) is 0. The molecule has 0 heterocycles. The number of anilines is 1. The van der Waals surface area contributed by atoms with Crippen LogP contribution in [0.5, 0.6) is 5.75 Å². The van der Waals surface area contributed by atoms with Gasteiger partial charge in [-0.2, -0.15) is 0 Å². The zero-order valence-corrected chi connectivity index (χ0v) is 11.9. The molecule has 20 heavy (non-hydrogen) atoms. The van der Waals surface area contributed by atoms with Gasteiger partial charge in [0.05, 0.1) is 0 Å². The minimum atomic E-state index is -1.17. The Bertz CT molecular complexity index is 641. The lowest BCUT2D eigenvalue weighted by molar-refractivity contribution is 0.0693. The molecule has 0 aliphatic carbocycles. The molecule has 0 atom stereocenters. The number of ether oxygens (including phenoxy) is 1. The number of carbonyl (C=O) groups is 1. The highest BCUT2D eigenvalue weighted by atomic mass is 79.9. The van der Waals surface area contributed by atoms with Crippen LogP contribution in [0.1, 0.15) is 15.9 Å². The van der Waals surface area contributed by atoms with Crippen LogP contribution >= 0.6 is 15.9 Å². The summed E-state index contributed by atoms with van der Waals surface area (Å²) in [5.74, 6) is -1.42. The molecular formula is C14H11BrFNO3. The van der Waals surface area contributed by atoms with Crippen molar-refractivity contribution >= 4 is 27.6 Å². The SMILES string of the molecule is Nc1cccc(OCc2cc(F)cc(Br)c2)c1C(=O)O. The monoisotopic (exact) mass is 339 g/mol. The van der Waals surface area contributed by atoms with Crippen molar-refractivity contribution in [1.29, 1.82) is 0 Å². The Kier molecular flexibility index (Phi) is 4.24. The third-order valence-corrected chi connectivity index (χ3v) is 3.05. The fraction of sp³-hybridized carbons (Fsp3) is 0.0714. The van der Waals surface area contributed by atoms with Gasteiger partial charge in [0, 0.05) is 10.2 Å². The van der Waals surface area contributed by atoms with Gasteiger partial charge in [0.2, 0.25) is 0 Å². The Balaban J connectivity index is 2.23. The number of benzene rings is 2. The fourth-order valence-corrected chi connectivity index (χ4v) is 2.27. The third-order valence-electron chi connectivity index (χ3n) is 2.59. The van der Waals surface area contributed by atoms with E-state index in [1.54, 1.807) is 12.1 Å². The van der Waals surface area contributed by atoms with Crippen LogP contribution < -0.4 is 10.5 Å². The van der Waals surface area contributed by atoms with E-state index in [2.05, 4.69) is 15.9 Å². The summed E-state index contributed by atoms with van der Waals surface area (Å²) in [5, 5.41) is 9.10. The van der Waals surface area contributed by atoms with Gasteiger partial charge in [-0.3, -0.25) is 0 Å².